The lowest BCUT2D eigenvalue weighted by Crippen LogP contribution is -2.15. The fraction of sp³-hybridized carbons (Fsp3) is 0.0870. The quantitative estimate of drug-likeness (QED) is 0.152. The Morgan fingerprint density at radius 1 is 1.11 bits per heavy atom. The van der Waals surface area contributed by atoms with Crippen LogP contribution < -0.4 is 15.4 Å². The molecule has 0 spiro atoms. The molecule has 0 aliphatic carbocycles. The molecule has 0 saturated carbocycles. The number of carbonyl (C=O) groups excluding carboxylic acids is 2. The minimum absolute atomic E-state index is 0.0240. The zero-order valence-electron chi connectivity index (χ0n) is 18.1. The van der Waals surface area contributed by atoms with Crippen molar-refractivity contribution in [3.63, 3.8) is 0 Å². The number of fused-ring (bicyclic) bond motifs is 1. The predicted octanol–water partition coefficient (Wildman–Crippen LogP) is 5.96. The number of carbonyl (C=O) groups is 2. The fourth-order valence-corrected chi connectivity index (χ4v) is 5.23. The van der Waals surface area contributed by atoms with E-state index in [0.717, 1.165) is 14.7 Å². The summed E-state index contributed by atoms with van der Waals surface area (Å²) in [5.41, 5.74) is 1.76. The van der Waals surface area contributed by atoms with E-state index in [9.17, 15) is 19.7 Å². The zero-order valence-corrected chi connectivity index (χ0v) is 21.3. The molecule has 9 nitrogen and oxygen atoms in total. The van der Waals surface area contributed by atoms with E-state index in [1.807, 2.05) is 6.07 Å². The van der Waals surface area contributed by atoms with Gasteiger partial charge in [0.05, 0.1) is 34.1 Å². The minimum Gasteiger partial charge on any atom is -0.496 e. The summed E-state index contributed by atoms with van der Waals surface area (Å²) >= 11 is 5.96. The number of methoxy groups -OCH3 is 1. The van der Waals surface area contributed by atoms with Gasteiger partial charge in [-0.05, 0) is 54.6 Å². The Morgan fingerprint density at radius 3 is 2.60 bits per heavy atom. The van der Waals surface area contributed by atoms with Crippen LogP contribution in [0.3, 0.4) is 0 Å². The van der Waals surface area contributed by atoms with Gasteiger partial charge in [0.25, 0.3) is 11.6 Å². The molecule has 0 aliphatic heterocycles. The predicted molar refractivity (Wildman–Crippen MR) is 141 cm³/mol. The lowest BCUT2D eigenvalue weighted by atomic mass is 10.2. The second-order valence-electron chi connectivity index (χ2n) is 7.10. The number of benzene rings is 3. The Bertz CT molecular complexity index is 1430. The van der Waals surface area contributed by atoms with Crippen molar-refractivity contribution in [3.05, 3.63) is 80.8 Å². The number of hydrogen-bond donors (Lipinski definition) is 2. The summed E-state index contributed by atoms with van der Waals surface area (Å²) < 4.78 is 7.41. The maximum absolute atomic E-state index is 12.5. The van der Waals surface area contributed by atoms with E-state index in [1.54, 1.807) is 36.4 Å². The number of thiazole rings is 1. The van der Waals surface area contributed by atoms with Crippen molar-refractivity contribution in [2.45, 2.75) is 4.34 Å². The Hall–Kier alpha value is -3.48. The summed E-state index contributed by atoms with van der Waals surface area (Å²) in [4.78, 5) is 40.1. The number of nitrogens with zero attached hydrogens (tertiary/aromatic N) is 2. The molecule has 1 aromatic heterocycles. The Labute approximate surface area is 216 Å². The number of amides is 2. The van der Waals surface area contributed by atoms with Crippen LogP contribution in [0.2, 0.25) is 0 Å². The molecule has 0 fully saturated rings. The van der Waals surface area contributed by atoms with Crippen molar-refractivity contribution in [3.8, 4) is 5.75 Å². The summed E-state index contributed by atoms with van der Waals surface area (Å²) in [7, 11) is 1.41. The van der Waals surface area contributed by atoms with Crippen molar-refractivity contribution in [2.24, 2.45) is 0 Å². The summed E-state index contributed by atoms with van der Waals surface area (Å²) in [6.45, 7) is 0. The van der Waals surface area contributed by atoms with Gasteiger partial charge in [-0.25, -0.2) is 4.98 Å². The monoisotopic (exact) mass is 572 g/mol. The largest absolute Gasteiger partial charge is 0.496 e. The Morgan fingerprint density at radius 2 is 1.89 bits per heavy atom. The molecule has 0 aliphatic rings. The van der Waals surface area contributed by atoms with Gasteiger partial charge >= 0.3 is 0 Å². The lowest BCUT2D eigenvalue weighted by Gasteiger charge is -2.07. The molecule has 2 N–H and O–H groups in total. The summed E-state index contributed by atoms with van der Waals surface area (Å²) in [6.07, 6.45) is 0. The summed E-state index contributed by atoms with van der Waals surface area (Å²) in [5.74, 6) is -0.271. The molecule has 1 heterocycles. The van der Waals surface area contributed by atoms with Crippen molar-refractivity contribution >= 4 is 78.1 Å². The molecule has 0 saturated heterocycles. The fourth-order valence-electron chi connectivity index (χ4n) is 3.06. The number of thioether (sulfide) groups is 1. The molecular weight excluding hydrogens is 556 g/mol. The van der Waals surface area contributed by atoms with Gasteiger partial charge in [0.1, 0.15) is 11.4 Å². The van der Waals surface area contributed by atoms with E-state index in [4.69, 9.17) is 4.74 Å². The molecule has 2 amide bonds. The highest BCUT2D eigenvalue weighted by Gasteiger charge is 2.18. The third-order valence-electron chi connectivity index (χ3n) is 4.74. The molecule has 4 rings (SSSR count). The van der Waals surface area contributed by atoms with Crippen molar-refractivity contribution in [2.75, 3.05) is 23.5 Å². The highest BCUT2D eigenvalue weighted by atomic mass is 79.9. The van der Waals surface area contributed by atoms with Crippen LogP contribution >= 0.6 is 39.0 Å². The van der Waals surface area contributed by atoms with E-state index >= 15 is 0 Å². The topological polar surface area (TPSA) is 123 Å². The SMILES string of the molecule is COc1ccc(NC(=O)CSc2nc3ccc(NC(=O)c4ccc(Br)cc4)cc3s2)c([N+](=O)[O-])c1. The first-order chi connectivity index (χ1) is 16.8. The van der Waals surface area contributed by atoms with E-state index in [0.29, 0.717) is 21.3 Å². The number of nitro groups is 1. The number of nitro benzene ring substituents is 1. The average molecular weight is 573 g/mol. The van der Waals surface area contributed by atoms with Crippen LogP contribution in [-0.4, -0.2) is 34.6 Å². The molecule has 12 heteroatoms. The second-order valence-corrected chi connectivity index (χ2v) is 10.3. The van der Waals surface area contributed by atoms with Crippen molar-refractivity contribution in [1.29, 1.82) is 0 Å². The van der Waals surface area contributed by atoms with E-state index in [1.165, 1.54) is 48.4 Å². The first kappa shape index (κ1) is 24.6. The van der Waals surface area contributed by atoms with E-state index < -0.39 is 10.8 Å². The van der Waals surface area contributed by atoms with Gasteiger partial charge in [-0.2, -0.15) is 0 Å². The van der Waals surface area contributed by atoms with Crippen LogP contribution in [0.25, 0.3) is 10.2 Å². The number of hydrogen-bond acceptors (Lipinski definition) is 8. The minimum atomic E-state index is -0.577. The highest BCUT2D eigenvalue weighted by molar-refractivity contribution is 9.10. The van der Waals surface area contributed by atoms with Crippen LogP contribution in [0, 0.1) is 10.1 Å². The molecule has 0 radical (unpaired) electrons. The summed E-state index contributed by atoms with van der Waals surface area (Å²) in [6, 6.07) is 16.7. The van der Waals surface area contributed by atoms with Crippen LogP contribution in [0.5, 0.6) is 5.75 Å². The molecule has 35 heavy (non-hydrogen) atoms. The number of rotatable bonds is 8. The van der Waals surface area contributed by atoms with Crippen LogP contribution in [0.4, 0.5) is 17.1 Å². The van der Waals surface area contributed by atoms with Crippen molar-refractivity contribution in [1.82, 2.24) is 4.98 Å². The Kier molecular flexibility index (Phi) is 7.63. The first-order valence-electron chi connectivity index (χ1n) is 10.0. The summed E-state index contributed by atoms with van der Waals surface area (Å²) in [5, 5.41) is 16.7. The van der Waals surface area contributed by atoms with Gasteiger partial charge in [0.15, 0.2) is 4.34 Å². The molecule has 0 unspecified atom stereocenters. The third kappa shape index (κ3) is 6.15. The zero-order chi connectivity index (χ0) is 24.9. The molecule has 3 aromatic carbocycles. The molecular formula is C23H17BrN4O5S2. The van der Waals surface area contributed by atoms with Crippen LogP contribution in [-0.2, 0) is 4.79 Å². The van der Waals surface area contributed by atoms with Gasteiger partial charge in [-0.1, -0.05) is 27.7 Å². The maximum Gasteiger partial charge on any atom is 0.296 e. The first-order valence-corrected chi connectivity index (χ1v) is 12.6. The molecule has 4 aromatic rings. The van der Waals surface area contributed by atoms with Crippen molar-refractivity contribution < 1.29 is 19.2 Å². The molecule has 0 bridgehead atoms. The van der Waals surface area contributed by atoms with Crippen LogP contribution in [0.1, 0.15) is 10.4 Å². The standard InChI is InChI=1S/C23H17BrN4O5S2/c1-33-16-7-9-17(19(11-16)28(31)32)26-21(29)12-34-23-27-18-8-6-15(10-20(18)35-23)25-22(30)13-2-4-14(24)5-3-13/h2-11H,12H2,1H3,(H,25,30)(H,26,29). The number of ether oxygens (including phenoxy) is 1. The Balaban J connectivity index is 1.39. The lowest BCUT2D eigenvalue weighted by molar-refractivity contribution is -0.384. The normalized spacial score (nSPS) is 10.7. The van der Waals surface area contributed by atoms with E-state index in [2.05, 4.69) is 31.5 Å². The number of aromatic nitrogens is 1. The second kappa shape index (κ2) is 10.8. The third-order valence-corrected chi connectivity index (χ3v) is 7.43. The van der Waals surface area contributed by atoms with Gasteiger partial charge in [-0.15, -0.1) is 11.3 Å². The molecule has 0 atom stereocenters. The van der Waals surface area contributed by atoms with Gasteiger partial charge in [0, 0.05) is 15.7 Å². The smallest absolute Gasteiger partial charge is 0.296 e. The van der Waals surface area contributed by atoms with Gasteiger partial charge in [0.2, 0.25) is 5.91 Å². The van der Waals surface area contributed by atoms with Crippen LogP contribution in [0.15, 0.2) is 69.5 Å². The van der Waals surface area contributed by atoms with Gasteiger partial charge < -0.3 is 15.4 Å². The average Bonchev–Trinajstić information content (AvgIpc) is 3.25. The van der Waals surface area contributed by atoms with Gasteiger partial charge in [-0.3, -0.25) is 19.7 Å². The number of nitrogens with one attached hydrogen (secondary N) is 2. The number of halogens is 1. The molecule has 178 valence electrons. The highest BCUT2D eigenvalue weighted by Crippen LogP contribution is 2.32. The van der Waals surface area contributed by atoms with E-state index in [-0.39, 0.29) is 23.0 Å². The maximum atomic E-state index is 12.5. The number of anilines is 2.